The highest BCUT2D eigenvalue weighted by Gasteiger charge is 2.05. The second kappa shape index (κ2) is 4.33. The van der Waals surface area contributed by atoms with E-state index in [4.69, 9.17) is 4.42 Å². The minimum Gasteiger partial charge on any atom is -0.466 e. The molecule has 0 bridgehead atoms. The monoisotopic (exact) mass is 180 g/mol. The molecule has 1 heterocycles. The van der Waals surface area contributed by atoms with Gasteiger partial charge < -0.3 is 14.3 Å². The zero-order valence-corrected chi connectivity index (χ0v) is 6.98. The molecule has 68 valence electrons. The Hall–Kier alpha value is -1.73. The molecule has 0 saturated heterocycles. The van der Waals surface area contributed by atoms with Crippen LogP contribution in [0.2, 0.25) is 0 Å². The van der Waals surface area contributed by atoms with Crippen LogP contribution in [0, 0.1) is 11.8 Å². The van der Waals surface area contributed by atoms with Gasteiger partial charge in [-0.05, 0) is 12.1 Å². The van der Waals surface area contributed by atoms with E-state index in [2.05, 4.69) is 16.6 Å². The molecule has 13 heavy (non-hydrogen) atoms. The third-order valence-corrected chi connectivity index (χ3v) is 1.31. The van der Waals surface area contributed by atoms with Crippen molar-refractivity contribution in [3.05, 3.63) is 24.2 Å². The number of carbonyl (C=O) groups excluding carboxylic acids is 1. The summed E-state index contributed by atoms with van der Waals surface area (Å²) in [5.41, 5.74) is 0. The number of ether oxygens (including phenoxy) is 1. The Kier molecular flexibility index (Phi) is 3.12. The molecule has 1 rings (SSSR count). The van der Waals surface area contributed by atoms with Crippen LogP contribution in [0.15, 0.2) is 22.8 Å². The number of furan rings is 1. The Bertz CT molecular complexity index is 328. The highest BCUT2D eigenvalue weighted by atomic mass is 16.5. The summed E-state index contributed by atoms with van der Waals surface area (Å²) in [5.74, 6) is 3.99. The molecule has 0 radical (unpaired) electrons. The van der Waals surface area contributed by atoms with E-state index in [9.17, 15) is 9.90 Å². The molecule has 0 spiro atoms. The van der Waals surface area contributed by atoms with Crippen LogP contribution < -0.4 is 0 Å². The molecule has 0 aliphatic heterocycles. The lowest BCUT2D eigenvalue weighted by Gasteiger charge is -1.95. The highest BCUT2D eigenvalue weighted by molar-refractivity contribution is 5.88. The summed E-state index contributed by atoms with van der Waals surface area (Å²) < 4.78 is 9.12. The molecular formula is C9H8O4. The van der Waals surface area contributed by atoms with Crippen LogP contribution in [0.3, 0.4) is 0 Å². The third kappa shape index (κ3) is 2.65. The minimum absolute atomic E-state index is 0.302. The van der Waals surface area contributed by atoms with E-state index in [1.54, 1.807) is 12.1 Å². The van der Waals surface area contributed by atoms with Crippen molar-refractivity contribution in [1.82, 2.24) is 0 Å². The second-order valence-electron chi connectivity index (χ2n) is 2.18. The van der Waals surface area contributed by atoms with Gasteiger partial charge in [-0.25, -0.2) is 4.79 Å². The zero-order valence-electron chi connectivity index (χ0n) is 6.98. The molecule has 1 unspecified atom stereocenters. The van der Waals surface area contributed by atoms with Crippen LogP contribution in [0.25, 0.3) is 0 Å². The molecule has 0 saturated carbocycles. The molecule has 0 aliphatic rings. The van der Waals surface area contributed by atoms with Crippen molar-refractivity contribution in [2.45, 2.75) is 6.10 Å². The Morgan fingerprint density at radius 3 is 3.08 bits per heavy atom. The van der Waals surface area contributed by atoms with Crippen molar-refractivity contribution in [3.8, 4) is 11.8 Å². The Balaban J connectivity index is 2.63. The summed E-state index contributed by atoms with van der Waals surface area (Å²) in [6.45, 7) is 0. The van der Waals surface area contributed by atoms with Gasteiger partial charge >= 0.3 is 5.97 Å². The van der Waals surface area contributed by atoms with Crippen LogP contribution in [0.5, 0.6) is 0 Å². The number of methoxy groups -OCH3 is 1. The van der Waals surface area contributed by atoms with E-state index in [-0.39, 0.29) is 0 Å². The Morgan fingerprint density at radius 2 is 2.54 bits per heavy atom. The number of hydrogen-bond acceptors (Lipinski definition) is 4. The lowest BCUT2D eigenvalue weighted by Crippen LogP contribution is -1.97. The normalized spacial score (nSPS) is 11.2. The predicted octanol–water partition coefficient (Wildman–Crippen LogP) is 0.489. The first-order valence-corrected chi connectivity index (χ1v) is 3.55. The molecule has 0 aromatic carbocycles. The van der Waals surface area contributed by atoms with E-state index in [1.807, 2.05) is 0 Å². The summed E-state index contributed by atoms with van der Waals surface area (Å²) in [4.78, 5) is 10.5. The maximum atomic E-state index is 10.5. The maximum absolute atomic E-state index is 10.5. The van der Waals surface area contributed by atoms with Gasteiger partial charge in [-0.2, -0.15) is 0 Å². The first-order chi connectivity index (χ1) is 6.24. The van der Waals surface area contributed by atoms with Crippen molar-refractivity contribution >= 4 is 5.97 Å². The van der Waals surface area contributed by atoms with Gasteiger partial charge in [0.2, 0.25) is 0 Å². The number of hydrogen-bond donors (Lipinski definition) is 1. The quantitative estimate of drug-likeness (QED) is 0.388. The van der Waals surface area contributed by atoms with Crippen molar-refractivity contribution in [1.29, 1.82) is 0 Å². The van der Waals surface area contributed by atoms with E-state index >= 15 is 0 Å². The van der Waals surface area contributed by atoms with Crippen LogP contribution >= 0.6 is 0 Å². The van der Waals surface area contributed by atoms with Gasteiger partial charge in [0.1, 0.15) is 5.76 Å². The molecular weight excluding hydrogens is 172 g/mol. The summed E-state index contributed by atoms with van der Waals surface area (Å²) in [6, 6.07) is 3.19. The topological polar surface area (TPSA) is 59.7 Å². The van der Waals surface area contributed by atoms with Crippen molar-refractivity contribution < 1.29 is 19.1 Å². The smallest absolute Gasteiger partial charge is 0.384 e. The van der Waals surface area contributed by atoms with E-state index in [0.29, 0.717) is 5.76 Å². The van der Waals surface area contributed by atoms with E-state index in [1.165, 1.54) is 13.4 Å². The fourth-order valence-corrected chi connectivity index (χ4v) is 0.696. The molecule has 1 aromatic heterocycles. The van der Waals surface area contributed by atoms with Gasteiger partial charge in [0.15, 0.2) is 6.10 Å². The summed E-state index contributed by atoms with van der Waals surface area (Å²) >= 11 is 0. The fraction of sp³-hybridized carbons (Fsp3) is 0.222. The van der Waals surface area contributed by atoms with Crippen molar-refractivity contribution in [2.24, 2.45) is 0 Å². The van der Waals surface area contributed by atoms with E-state index < -0.39 is 12.1 Å². The lowest BCUT2D eigenvalue weighted by molar-refractivity contribution is -0.133. The average Bonchev–Trinajstić information content (AvgIpc) is 2.66. The average molecular weight is 180 g/mol. The van der Waals surface area contributed by atoms with E-state index in [0.717, 1.165) is 0 Å². The Labute approximate surface area is 75.1 Å². The lowest BCUT2D eigenvalue weighted by atomic mass is 10.3. The number of aliphatic hydroxyl groups excluding tert-OH is 1. The minimum atomic E-state index is -1.09. The highest BCUT2D eigenvalue weighted by Crippen LogP contribution is 2.10. The predicted molar refractivity (Wildman–Crippen MR) is 43.5 cm³/mol. The van der Waals surface area contributed by atoms with Gasteiger partial charge in [-0.1, -0.05) is 5.92 Å². The van der Waals surface area contributed by atoms with Gasteiger partial charge in [0, 0.05) is 5.92 Å². The standard InChI is InChI=1S/C9H8O4/c1-12-9(11)5-4-7(10)8-3-2-6-13-8/h2-3,6-7,10H,1H3. The van der Waals surface area contributed by atoms with Gasteiger partial charge in [0.25, 0.3) is 0 Å². The summed E-state index contributed by atoms with van der Waals surface area (Å²) in [5, 5.41) is 9.28. The van der Waals surface area contributed by atoms with Crippen molar-refractivity contribution in [3.63, 3.8) is 0 Å². The third-order valence-electron chi connectivity index (χ3n) is 1.31. The molecule has 0 fully saturated rings. The fourth-order valence-electron chi connectivity index (χ4n) is 0.696. The summed E-state index contributed by atoms with van der Waals surface area (Å²) in [7, 11) is 1.22. The number of esters is 1. The molecule has 4 heteroatoms. The van der Waals surface area contributed by atoms with Gasteiger partial charge in [-0.15, -0.1) is 0 Å². The number of carbonyl (C=O) groups is 1. The molecule has 0 aliphatic carbocycles. The van der Waals surface area contributed by atoms with Crippen LogP contribution in [-0.4, -0.2) is 18.2 Å². The first kappa shape index (κ1) is 9.36. The molecule has 1 aromatic rings. The van der Waals surface area contributed by atoms with Crippen LogP contribution in [0.4, 0.5) is 0 Å². The summed E-state index contributed by atoms with van der Waals surface area (Å²) in [6.07, 6.45) is 0.326. The Morgan fingerprint density at radius 1 is 1.77 bits per heavy atom. The van der Waals surface area contributed by atoms with Crippen LogP contribution in [0.1, 0.15) is 11.9 Å². The van der Waals surface area contributed by atoms with Gasteiger partial charge in [-0.3, -0.25) is 0 Å². The molecule has 0 amide bonds. The van der Waals surface area contributed by atoms with Crippen molar-refractivity contribution in [2.75, 3.05) is 7.11 Å². The first-order valence-electron chi connectivity index (χ1n) is 3.55. The molecule has 1 atom stereocenters. The zero-order chi connectivity index (χ0) is 9.68. The second-order valence-corrected chi connectivity index (χ2v) is 2.18. The van der Waals surface area contributed by atoms with Crippen LogP contribution in [-0.2, 0) is 9.53 Å². The molecule has 1 N–H and O–H groups in total. The SMILES string of the molecule is COC(=O)C#CC(O)c1ccco1. The molecule has 4 nitrogen and oxygen atoms in total. The maximum Gasteiger partial charge on any atom is 0.384 e. The largest absolute Gasteiger partial charge is 0.466 e. The van der Waals surface area contributed by atoms with Gasteiger partial charge in [0.05, 0.1) is 13.4 Å². The number of rotatable bonds is 1. The number of aliphatic hydroxyl groups is 1.